The first-order valence-corrected chi connectivity index (χ1v) is 4.37. The highest BCUT2D eigenvalue weighted by Gasteiger charge is 2.02. The van der Waals surface area contributed by atoms with Gasteiger partial charge >= 0.3 is 0 Å². The molecule has 0 radical (unpaired) electrons. The molecule has 0 fully saturated rings. The van der Waals surface area contributed by atoms with Gasteiger partial charge in [-0.3, -0.25) is 9.89 Å². The number of hydrogen-bond donors (Lipinski definition) is 2. The van der Waals surface area contributed by atoms with Gasteiger partial charge in [0.2, 0.25) is 5.91 Å². The van der Waals surface area contributed by atoms with Crippen molar-refractivity contribution in [2.45, 2.75) is 33.2 Å². The van der Waals surface area contributed by atoms with Gasteiger partial charge in [0.25, 0.3) is 0 Å². The van der Waals surface area contributed by atoms with Crippen molar-refractivity contribution < 1.29 is 4.79 Å². The zero-order chi connectivity index (χ0) is 9.68. The minimum absolute atomic E-state index is 0.0463. The molecule has 0 saturated carbocycles. The normalized spacial score (nSPS) is 10.0. The second kappa shape index (κ2) is 4.59. The van der Waals surface area contributed by atoms with Crippen LogP contribution in [-0.2, 0) is 11.3 Å². The molecular formula is C8H14N4O. The third kappa shape index (κ3) is 3.23. The molecule has 5 nitrogen and oxygen atoms in total. The second-order valence-electron chi connectivity index (χ2n) is 2.86. The van der Waals surface area contributed by atoms with Crippen molar-refractivity contribution in [3.8, 4) is 0 Å². The van der Waals surface area contributed by atoms with Crippen LogP contribution in [0.5, 0.6) is 0 Å². The van der Waals surface area contributed by atoms with Crippen molar-refractivity contribution in [1.29, 1.82) is 0 Å². The lowest BCUT2D eigenvalue weighted by Gasteiger charge is -1.99. The molecule has 0 aliphatic carbocycles. The van der Waals surface area contributed by atoms with Crippen molar-refractivity contribution >= 4 is 5.91 Å². The Balaban J connectivity index is 2.30. The van der Waals surface area contributed by atoms with Crippen LogP contribution in [0, 0.1) is 6.92 Å². The zero-order valence-corrected chi connectivity index (χ0v) is 7.92. The van der Waals surface area contributed by atoms with Gasteiger partial charge < -0.3 is 5.32 Å². The molecule has 1 aromatic heterocycles. The maximum atomic E-state index is 11.0. The Labute approximate surface area is 76.9 Å². The molecule has 0 bridgehead atoms. The van der Waals surface area contributed by atoms with Gasteiger partial charge in [0.15, 0.2) is 5.82 Å². The van der Waals surface area contributed by atoms with Crippen LogP contribution in [0.3, 0.4) is 0 Å². The number of aromatic nitrogens is 3. The average molecular weight is 182 g/mol. The molecule has 0 atom stereocenters. The van der Waals surface area contributed by atoms with E-state index in [0.717, 1.165) is 12.2 Å². The van der Waals surface area contributed by atoms with E-state index >= 15 is 0 Å². The summed E-state index contributed by atoms with van der Waals surface area (Å²) in [6, 6.07) is 0. The van der Waals surface area contributed by atoms with Crippen LogP contribution in [0.1, 0.15) is 31.4 Å². The first-order valence-electron chi connectivity index (χ1n) is 4.37. The maximum Gasteiger partial charge on any atom is 0.220 e. The van der Waals surface area contributed by atoms with Gasteiger partial charge in [0.1, 0.15) is 5.82 Å². The summed E-state index contributed by atoms with van der Waals surface area (Å²) in [7, 11) is 0. The van der Waals surface area contributed by atoms with E-state index in [1.54, 1.807) is 0 Å². The molecule has 0 saturated heterocycles. The Morgan fingerprint density at radius 2 is 2.38 bits per heavy atom. The number of carbonyl (C=O) groups is 1. The van der Waals surface area contributed by atoms with E-state index in [9.17, 15) is 4.79 Å². The number of aromatic amines is 1. The number of aryl methyl sites for hydroxylation is 1. The lowest BCUT2D eigenvalue weighted by molar-refractivity contribution is -0.121. The lowest BCUT2D eigenvalue weighted by atomic mass is 10.3. The number of hydrogen-bond acceptors (Lipinski definition) is 3. The zero-order valence-electron chi connectivity index (χ0n) is 7.92. The summed E-state index contributed by atoms with van der Waals surface area (Å²) < 4.78 is 0. The van der Waals surface area contributed by atoms with Gasteiger partial charge in [-0.15, -0.1) is 0 Å². The summed E-state index contributed by atoms with van der Waals surface area (Å²) >= 11 is 0. The molecule has 1 amide bonds. The first kappa shape index (κ1) is 9.70. The minimum atomic E-state index is 0.0463. The van der Waals surface area contributed by atoms with Gasteiger partial charge in [0.05, 0.1) is 6.54 Å². The Bertz CT molecular complexity index is 281. The molecule has 0 spiro atoms. The number of rotatable bonds is 4. The molecular weight excluding hydrogens is 168 g/mol. The number of nitrogens with zero attached hydrogens (tertiary/aromatic N) is 2. The van der Waals surface area contributed by atoms with E-state index in [0.29, 0.717) is 18.8 Å². The predicted molar refractivity (Wildman–Crippen MR) is 47.9 cm³/mol. The van der Waals surface area contributed by atoms with Crippen molar-refractivity contribution in [1.82, 2.24) is 20.5 Å². The molecule has 0 aliphatic heterocycles. The summed E-state index contributed by atoms with van der Waals surface area (Å²) in [6.45, 7) is 4.20. The molecule has 13 heavy (non-hydrogen) atoms. The average Bonchev–Trinajstić information content (AvgIpc) is 2.49. The molecule has 2 N–H and O–H groups in total. The van der Waals surface area contributed by atoms with Gasteiger partial charge in [-0.25, -0.2) is 4.98 Å². The number of amides is 1. The SMILES string of the molecule is CCCC(=O)NCc1n[nH]c(C)n1. The summed E-state index contributed by atoms with van der Waals surface area (Å²) in [4.78, 5) is 15.1. The predicted octanol–water partition coefficient (Wildman–Crippen LogP) is 0.529. The van der Waals surface area contributed by atoms with Gasteiger partial charge in [-0.1, -0.05) is 6.92 Å². The standard InChI is InChI=1S/C8H14N4O/c1-3-4-8(13)9-5-7-10-6(2)11-12-7/h3-5H2,1-2H3,(H,9,13)(H,10,11,12). The number of H-pyrrole nitrogens is 1. The van der Waals surface area contributed by atoms with Crippen LogP contribution >= 0.6 is 0 Å². The monoisotopic (exact) mass is 182 g/mol. The van der Waals surface area contributed by atoms with Crippen molar-refractivity contribution in [2.75, 3.05) is 0 Å². The summed E-state index contributed by atoms with van der Waals surface area (Å²) in [5.74, 6) is 1.44. The first-order chi connectivity index (χ1) is 6.22. The van der Waals surface area contributed by atoms with E-state index < -0.39 is 0 Å². The largest absolute Gasteiger partial charge is 0.349 e. The Kier molecular flexibility index (Phi) is 3.42. The van der Waals surface area contributed by atoms with E-state index in [4.69, 9.17) is 0 Å². The van der Waals surface area contributed by atoms with E-state index in [-0.39, 0.29) is 5.91 Å². The van der Waals surface area contributed by atoms with Gasteiger partial charge in [0, 0.05) is 6.42 Å². The molecule has 1 heterocycles. The number of nitrogens with one attached hydrogen (secondary N) is 2. The maximum absolute atomic E-state index is 11.0. The van der Waals surface area contributed by atoms with Crippen molar-refractivity contribution in [2.24, 2.45) is 0 Å². The smallest absolute Gasteiger partial charge is 0.220 e. The fourth-order valence-corrected chi connectivity index (χ4v) is 0.961. The van der Waals surface area contributed by atoms with Gasteiger partial charge in [-0.2, -0.15) is 5.10 Å². The highest BCUT2D eigenvalue weighted by Crippen LogP contribution is 1.91. The molecule has 5 heteroatoms. The Hall–Kier alpha value is -1.39. The highest BCUT2D eigenvalue weighted by atomic mass is 16.1. The quantitative estimate of drug-likeness (QED) is 0.713. The second-order valence-corrected chi connectivity index (χ2v) is 2.86. The molecule has 0 aliphatic rings. The third-order valence-electron chi connectivity index (χ3n) is 1.56. The van der Waals surface area contributed by atoms with Crippen LogP contribution < -0.4 is 5.32 Å². The molecule has 0 unspecified atom stereocenters. The molecule has 72 valence electrons. The highest BCUT2D eigenvalue weighted by molar-refractivity contribution is 5.75. The number of carbonyl (C=O) groups excluding carboxylic acids is 1. The fraction of sp³-hybridized carbons (Fsp3) is 0.625. The van der Waals surface area contributed by atoms with Crippen LogP contribution in [0.15, 0.2) is 0 Å². The Morgan fingerprint density at radius 1 is 1.62 bits per heavy atom. The lowest BCUT2D eigenvalue weighted by Crippen LogP contribution is -2.22. The van der Waals surface area contributed by atoms with E-state index in [2.05, 4.69) is 20.5 Å². The molecule has 1 aromatic rings. The van der Waals surface area contributed by atoms with E-state index in [1.807, 2.05) is 13.8 Å². The minimum Gasteiger partial charge on any atom is -0.349 e. The molecule has 0 aromatic carbocycles. The summed E-state index contributed by atoms with van der Waals surface area (Å²) in [6.07, 6.45) is 1.42. The van der Waals surface area contributed by atoms with Crippen LogP contribution in [0.25, 0.3) is 0 Å². The molecule has 1 rings (SSSR count). The van der Waals surface area contributed by atoms with Crippen LogP contribution in [-0.4, -0.2) is 21.1 Å². The Morgan fingerprint density at radius 3 is 2.92 bits per heavy atom. The van der Waals surface area contributed by atoms with Crippen molar-refractivity contribution in [3.63, 3.8) is 0 Å². The van der Waals surface area contributed by atoms with Crippen LogP contribution in [0.2, 0.25) is 0 Å². The van der Waals surface area contributed by atoms with E-state index in [1.165, 1.54) is 0 Å². The van der Waals surface area contributed by atoms with Gasteiger partial charge in [-0.05, 0) is 13.3 Å². The van der Waals surface area contributed by atoms with Crippen LogP contribution in [0.4, 0.5) is 0 Å². The summed E-state index contributed by atoms with van der Waals surface area (Å²) in [5, 5.41) is 9.34. The summed E-state index contributed by atoms with van der Waals surface area (Å²) in [5.41, 5.74) is 0. The third-order valence-corrected chi connectivity index (χ3v) is 1.56. The fourth-order valence-electron chi connectivity index (χ4n) is 0.961. The topological polar surface area (TPSA) is 70.7 Å². The van der Waals surface area contributed by atoms with Crippen molar-refractivity contribution in [3.05, 3.63) is 11.6 Å².